The van der Waals surface area contributed by atoms with Gasteiger partial charge in [0.1, 0.15) is 11.6 Å². The van der Waals surface area contributed by atoms with Gasteiger partial charge in [-0.05, 0) is 46.0 Å². The molecule has 1 aliphatic rings. The van der Waals surface area contributed by atoms with Gasteiger partial charge in [-0.25, -0.2) is 9.97 Å². The molecule has 2 aromatic rings. The average Bonchev–Trinajstić information content (AvgIpc) is 3.07. The highest BCUT2D eigenvalue weighted by Gasteiger charge is 2.33. The van der Waals surface area contributed by atoms with E-state index in [0.29, 0.717) is 24.6 Å². The normalized spacial score (nSPS) is 18.3. The summed E-state index contributed by atoms with van der Waals surface area (Å²) in [5.74, 6) is 1.59. The lowest BCUT2D eigenvalue weighted by Gasteiger charge is -2.34. The molecule has 0 amide bonds. The number of hydrogen-bond donors (Lipinski definition) is 0. The zero-order valence-corrected chi connectivity index (χ0v) is 16.0. The molecule has 0 aromatic carbocycles. The standard InChI is InChI=1S/C19H26F3N5/c1-14-11-16(19(20,21)22)12-17(24-14)27-7-4-5-15(13-27)18-23-6-8-26(18)10-9-25(2)3/h6,8,11-12,15H,4-5,7,9-10,13H2,1-3H3. The van der Waals surface area contributed by atoms with E-state index < -0.39 is 11.7 Å². The van der Waals surface area contributed by atoms with Crippen molar-refractivity contribution >= 4 is 5.82 Å². The topological polar surface area (TPSA) is 37.2 Å². The van der Waals surface area contributed by atoms with Crippen molar-refractivity contribution in [3.05, 3.63) is 41.6 Å². The molecule has 1 atom stereocenters. The molecule has 3 rings (SSSR count). The lowest BCUT2D eigenvalue weighted by Crippen LogP contribution is -2.36. The molecule has 1 unspecified atom stereocenters. The Hall–Kier alpha value is -2.09. The van der Waals surface area contributed by atoms with E-state index in [1.54, 1.807) is 13.1 Å². The Morgan fingerprint density at radius 2 is 2.04 bits per heavy atom. The van der Waals surface area contributed by atoms with Crippen molar-refractivity contribution < 1.29 is 13.2 Å². The maximum Gasteiger partial charge on any atom is 0.416 e. The van der Waals surface area contributed by atoms with E-state index in [1.165, 1.54) is 0 Å². The second kappa shape index (κ2) is 7.88. The number of piperidine rings is 1. The van der Waals surface area contributed by atoms with Crippen LogP contribution in [0.5, 0.6) is 0 Å². The number of aromatic nitrogens is 3. The molecule has 1 aliphatic heterocycles. The van der Waals surface area contributed by atoms with Crippen LogP contribution in [-0.4, -0.2) is 53.2 Å². The molecular weight excluding hydrogens is 355 g/mol. The molecule has 1 fully saturated rings. The predicted molar refractivity (Wildman–Crippen MR) is 98.9 cm³/mol. The van der Waals surface area contributed by atoms with Crippen LogP contribution >= 0.6 is 0 Å². The first-order chi connectivity index (χ1) is 12.7. The van der Waals surface area contributed by atoms with Crippen LogP contribution in [0.1, 0.15) is 35.8 Å². The molecule has 3 heterocycles. The second-order valence-corrected chi connectivity index (χ2v) is 7.42. The quantitative estimate of drug-likeness (QED) is 0.794. The molecule has 0 N–H and O–H groups in total. The maximum atomic E-state index is 13.2. The zero-order valence-electron chi connectivity index (χ0n) is 16.0. The molecule has 148 valence electrons. The number of alkyl halides is 3. The number of anilines is 1. The molecule has 2 aromatic heterocycles. The van der Waals surface area contributed by atoms with Crippen LogP contribution in [0.2, 0.25) is 0 Å². The van der Waals surface area contributed by atoms with Crippen LogP contribution in [0.3, 0.4) is 0 Å². The van der Waals surface area contributed by atoms with Crippen LogP contribution in [0.25, 0.3) is 0 Å². The number of pyridine rings is 1. The van der Waals surface area contributed by atoms with Crippen molar-refractivity contribution in [3.63, 3.8) is 0 Å². The Bertz CT molecular complexity index is 769. The first kappa shape index (κ1) is 19.7. The van der Waals surface area contributed by atoms with Crippen molar-refractivity contribution in [1.82, 2.24) is 19.4 Å². The summed E-state index contributed by atoms with van der Waals surface area (Å²) < 4.78 is 41.6. The fourth-order valence-corrected chi connectivity index (χ4v) is 3.55. The van der Waals surface area contributed by atoms with E-state index in [-0.39, 0.29) is 5.92 Å². The SMILES string of the molecule is Cc1cc(C(F)(F)F)cc(N2CCCC(c3nccn3CCN(C)C)C2)n1. The van der Waals surface area contributed by atoms with Crippen molar-refractivity contribution in [1.29, 1.82) is 0 Å². The van der Waals surface area contributed by atoms with E-state index in [0.717, 1.165) is 43.9 Å². The Morgan fingerprint density at radius 3 is 2.74 bits per heavy atom. The molecular formula is C19H26F3N5. The fourth-order valence-electron chi connectivity index (χ4n) is 3.55. The van der Waals surface area contributed by atoms with Crippen LogP contribution in [0.4, 0.5) is 19.0 Å². The van der Waals surface area contributed by atoms with Gasteiger partial charge in [0.15, 0.2) is 0 Å². The summed E-state index contributed by atoms with van der Waals surface area (Å²) in [7, 11) is 4.06. The lowest BCUT2D eigenvalue weighted by molar-refractivity contribution is -0.137. The molecule has 0 spiro atoms. The molecule has 5 nitrogen and oxygen atoms in total. The van der Waals surface area contributed by atoms with Crippen LogP contribution in [-0.2, 0) is 12.7 Å². The van der Waals surface area contributed by atoms with E-state index in [9.17, 15) is 13.2 Å². The van der Waals surface area contributed by atoms with Crippen molar-refractivity contribution in [3.8, 4) is 0 Å². The monoisotopic (exact) mass is 381 g/mol. The lowest BCUT2D eigenvalue weighted by atomic mass is 9.97. The number of halogens is 3. The highest BCUT2D eigenvalue weighted by atomic mass is 19.4. The molecule has 1 saturated heterocycles. The van der Waals surface area contributed by atoms with Gasteiger partial charge in [0.05, 0.1) is 5.56 Å². The maximum absolute atomic E-state index is 13.2. The number of imidazole rings is 1. The van der Waals surface area contributed by atoms with Crippen LogP contribution < -0.4 is 4.90 Å². The molecule has 8 heteroatoms. The molecule has 27 heavy (non-hydrogen) atoms. The van der Waals surface area contributed by atoms with Crippen LogP contribution in [0, 0.1) is 6.92 Å². The summed E-state index contributed by atoms with van der Waals surface area (Å²) in [5.41, 5.74) is -0.256. The number of rotatable bonds is 5. The second-order valence-electron chi connectivity index (χ2n) is 7.42. The number of likely N-dealkylation sites (N-methyl/N-ethyl adjacent to an activating group) is 1. The van der Waals surface area contributed by atoms with E-state index in [4.69, 9.17) is 0 Å². The number of hydrogen-bond acceptors (Lipinski definition) is 4. The van der Waals surface area contributed by atoms with E-state index in [1.807, 2.05) is 25.2 Å². The third kappa shape index (κ3) is 4.80. The average molecular weight is 381 g/mol. The Morgan fingerprint density at radius 1 is 1.26 bits per heavy atom. The summed E-state index contributed by atoms with van der Waals surface area (Å²) in [6.45, 7) is 4.71. The van der Waals surface area contributed by atoms with Gasteiger partial charge in [-0.2, -0.15) is 13.2 Å². The Labute approximate surface area is 157 Å². The van der Waals surface area contributed by atoms with Gasteiger partial charge in [-0.1, -0.05) is 0 Å². The summed E-state index contributed by atoms with van der Waals surface area (Å²) >= 11 is 0. The summed E-state index contributed by atoms with van der Waals surface area (Å²) in [6.07, 6.45) is 1.30. The Balaban J connectivity index is 1.79. The highest BCUT2D eigenvalue weighted by molar-refractivity contribution is 5.44. The molecule has 0 radical (unpaired) electrons. The van der Waals surface area contributed by atoms with Crippen molar-refractivity contribution in [2.75, 3.05) is 38.6 Å². The van der Waals surface area contributed by atoms with Gasteiger partial charge in [0.25, 0.3) is 0 Å². The fraction of sp³-hybridized carbons (Fsp3) is 0.579. The third-order valence-corrected chi connectivity index (χ3v) is 4.91. The smallest absolute Gasteiger partial charge is 0.356 e. The minimum Gasteiger partial charge on any atom is -0.356 e. The molecule has 0 saturated carbocycles. The summed E-state index contributed by atoms with van der Waals surface area (Å²) in [6, 6.07) is 2.26. The third-order valence-electron chi connectivity index (χ3n) is 4.91. The molecule has 0 bridgehead atoms. The van der Waals surface area contributed by atoms with Gasteiger partial charge in [0, 0.05) is 50.2 Å². The zero-order chi connectivity index (χ0) is 19.6. The summed E-state index contributed by atoms with van der Waals surface area (Å²) in [4.78, 5) is 13.0. The number of nitrogens with zero attached hydrogens (tertiary/aromatic N) is 5. The Kier molecular flexibility index (Phi) is 5.74. The van der Waals surface area contributed by atoms with E-state index in [2.05, 4.69) is 19.4 Å². The highest BCUT2D eigenvalue weighted by Crippen LogP contribution is 2.34. The van der Waals surface area contributed by atoms with Crippen molar-refractivity contribution in [2.45, 2.75) is 38.4 Å². The van der Waals surface area contributed by atoms with E-state index >= 15 is 0 Å². The first-order valence-corrected chi connectivity index (χ1v) is 9.20. The van der Waals surface area contributed by atoms with Gasteiger partial charge in [-0.15, -0.1) is 0 Å². The largest absolute Gasteiger partial charge is 0.416 e. The number of aryl methyl sites for hydroxylation is 1. The minimum atomic E-state index is -4.36. The van der Waals surface area contributed by atoms with Crippen molar-refractivity contribution in [2.24, 2.45) is 0 Å². The van der Waals surface area contributed by atoms with Crippen LogP contribution in [0.15, 0.2) is 24.5 Å². The molecule has 0 aliphatic carbocycles. The van der Waals surface area contributed by atoms with Gasteiger partial charge >= 0.3 is 6.18 Å². The van der Waals surface area contributed by atoms with Gasteiger partial charge in [-0.3, -0.25) is 0 Å². The summed E-state index contributed by atoms with van der Waals surface area (Å²) in [5, 5.41) is 0. The van der Waals surface area contributed by atoms with Gasteiger partial charge in [0.2, 0.25) is 0 Å². The van der Waals surface area contributed by atoms with Gasteiger partial charge < -0.3 is 14.4 Å². The first-order valence-electron chi connectivity index (χ1n) is 9.20. The predicted octanol–water partition coefficient (Wildman–Crippen LogP) is 3.55. The minimum absolute atomic E-state index is 0.188.